The molecule has 0 aromatic heterocycles. The molecular formula is C67H58N2. The number of anilines is 6. The number of nitrogens with zero attached hydrogens (tertiary/aromatic N) is 2. The first kappa shape index (κ1) is 41.7. The summed E-state index contributed by atoms with van der Waals surface area (Å²) in [5.74, 6) is 2.87. The van der Waals surface area contributed by atoms with E-state index in [1.54, 1.807) is 5.56 Å². The van der Waals surface area contributed by atoms with E-state index in [0.29, 0.717) is 5.41 Å². The topological polar surface area (TPSA) is 6.48 Å². The highest BCUT2D eigenvalue weighted by Gasteiger charge is 2.51. The molecule has 5 aliphatic carbocycles. The zero-order valence-corrected chi connectivity index (χ0v) is 39.7. The molecule has 2 heteroatoms. The quantitative estimate of drug-likeness (QED) is 0.135. The van der Waals surface area contributed by atoms with Crippen molar-refractivity contribution in [3.63, 3.8) is 0 Å². The third kappa shape index (κ3) is 7.40. The van der Waals surface area contributed by atoms with Gasteiger partial charge in [-0.2, -0.15) is 0 Å². The van der Waals surface area contributed by atoms with Crippen molar-refractivity contribution in [2.45, 2.75) is 63.2 Å². The van der Waals surface area contributed by atoms with E-state index in [-0.39, 0.29) is 5.41 Å². The lowest BCUT2D eigenvalue weighted by Crippen LogP contribution is -2.48. The Hall–Kier alpha value is -7.42. The summed E-state index contributed by atoms with van der Waals surface area (Å²) in [4.78, 5) is 4.74. The largest absolute Gasteiger partial charge is 0.311 e. The monoisotopic (exact) mass is 890 g/mol. The van der Waals surface area contributed by atoms with Crippen LogP contribution in [-0.4, -0.2) is 0 Å². The zero-order valence-electron chi connectivity index (χ0n) is 39.7. The lowest BCUT2D eigenvalue weighted by molar-refractivity contribution is -0.00518. The van der Waals surface area contributed by atoms with E-state index >= 15 is 0 Å². The van der Waals surface area contributed by atoms with Crippen LogP contribution in [0.15, 0.2) is 224 Å². The second kappa shape index (κ2) is 16.7. The fraction of sp³-hybridized carbons (Fsp3) is 0.194. The number of hydrogen-bond acceptors (Lipinski definition) is 2. The van der Waals surface area contributed by atoms with E-state index < -0.39 is 0 Å². The van der Waals surface area contributed by atoms with Crippen molar-refractivity contribution in [1.82, 2.24) is 0 Å². The molecule has 0 radical (unpaired) electrons. The van der Waals surface area contributed by atoms with Crippen molar-refractivity contribution in [1.29, 1.82) is 0 Å². The summed E-state index contributed by atoms with van der Waals surface area (Å²) in [6.07, 6.45) is 8.68. The molecule has 0 N–H and O–H groups in total. The van der Waals surface area contributed by atoms with Gasteiger partial charge in [0.2, 0.25) is 0 Å². The summed E-state index contributed by atoms with van der Waals surface area (Å²) in [7, 11) is 0. The first-order chi connectivity index (χ1) is 33.8. The van der Waals surface area contributed by atoms with Crippen LogP contribution in [-0.2, 0) is 10.8 Å². The van der Waals surface area contributed by atoms with E-state index in [1.165, 1.54) is 94.2 Å². The Kier molecular flexibility index (Phi) is 10.1. The van der Waals surface area contributed by atoms with Crippen LogP contribution in [0, 0.1) is 17.8 Å². The van der Waals surface area contributed by atoms with Crippen LogP contribution in [0.4, 0.5) is 34.1 Å². The molecule has 0 spiro atoms. The van der Waals surface area contributed by atoms with Gasteiger partial charge in [-0.05, 0) is 202 Å². The third-order valence-electron chi connectivity index (χ3n) is 16.6. The SMILES string of the molecule is CC1(C)c2ccccc2-c2ccc(N(c3ccc(-c4ccc(N(c5ccccc5)c5ccccc5)cc4)cc3)c3ccc(-c4cccc(-c5ccc(C67CC8CC(CC(C8)C6)C7)cc5)c4)cc3)cc21. The average molecular weight is 891 g/mol. The first-order valence-corrected chi connectivity index (χ1v) is 25.3. The zero-order chi connectivity index (χ0) is 46.1. The maximum absolute atomic E-state index is 2.48. The molecule has 4 bridgehead atoms. The molecular weight excluding hydrogens is 833 g/mol. The Morgan fingerprint density at radius 3 is 1.22 bits per heavy atom. The van der Waals surface area contributed by atoms with Crippen molar-refractivity contribution in [2.24, 2.45) is 17.8 Å². The molecule has 5 aliphatic rings. The summed E-state index contributed by atoms with van der Waals surface area (Å²) in [5, 5.41) is 0. The molecule has 14 rings (SSSR count). The molecule has 0 aliphatic heterocycles. The smallest absolute Gasteiger partial charge is 0.0465 e. The van der Waals surface area contributed by atoms with E-state index in [4.69, 9.17) is 0 Å². The fourth-order valence-electron chi connectivity index (χ4n) is 13.6. The van der Waals surface area contributed by atoms with Gasteiger partial charge in [-0.3, -0.25) is 0 Å². The molecule has 0 atom stereocenters. The Bertz CT molecular complexity index is 3220. The molecule has 4 fully saturated rings. The van der Waals surface area contributed by atoms with Gasteiger partial charge in [0.1, 0.15) is 0 Å². The number of rotatable bonds is 10. The second-order valence-corrected chi connectivity index (χ2v) is 21.2. The fourth-order valence-corrected chi connectivity index (χ4v) is 13.6. The predicted molar refractivity (Wildman–Crippen MR) is 290 cm³/mol. The van der Waals surface area contributed by atoms with Crippen molar-refractivity contribution in [3.05, 3.63) is 241 Å². The summed E-state index contributed by atoms with van der Waals surface area (Å²) in [5.41, 5.74) is 21.5. The van der Waals surface area contributed by atoms with Gasteiger partial charge in [-0.15, -0.1) is 0 Å². The van der Waals surface area contributed by atoms with Gasteiger partial charge < -0.3 is 9.80 Å². The lowest BCUT2D eigenvalue weighted by Gasteiger charge is -2.57. The standard InChI is InChI=1S/C67H58N2/c1-66(2)64-19-10-9-18-62(64)63-37-36-61(42-65(63)66)69(59-32-24-50(25-33-59)49-22-30-58(31-23-49)68(56-14-5-3-6-15-56)57-16-7-4-8-17-57)60-34-26-52(27-35-60)54-13-11-12-53(41-54)51-20-28-55(29-21-51)67-43-46-38-47(44-67)40-48(39-46)45-67/h3-37,41-42,46-48H,38-40,43-45H2,1-2H3. The second-order valence-electron chi connectivity index (χ2n) is 21.2. The van der Waals surface area contributed by atoms with Crippen LogP contribution in [0.5, 0.6) is 0 Å². The highest BCUT2D eigenvalue weighted by molar-refractivity contribution is 5.87. The summed E-state index contributed by atoms with van der Waals surface area (Å²) >= 11 is 0. The molecule has 4 saturated carbocycles. The number of hydrogen-bond donors (Lipinski definition) is 0. The van der Waals surface area contributed by atoms with Crippen LogP contribution in [0.1, 0.15) is 69.1 Å². The summed E-state index contributed by atoms with van der Waals surface area (Å²) < 4.78 is 0. The molecule has 2 nitrogen and oxygen atoms in total. The van der Waals surface area contributed by atoms with Crippen LogP contribution < -0.4 is 9.80 Å². The number of benzene rings is 9. The molecule has 69 heavy (non-hydrogen) atoms. The molecule has 0 unspecified atom stereocenters. The maximum atomic E-state index is 2.48. The Morgan fingerprint density at radius 1 is 0.319 bits per heavy atom. The van der Waals surface area contributed by atoms with E-state index in [0.717, 1.165) is 51.9 Å². The average Bonchev–Trinajstić information content (AvgIpc) is 3.62. The molecule has 9 aromatic carbocycles. The minimum atomic E-state index is -0.107. The number of fused-ring (bicyclic) bond motifs is 3. The molecule has 336 valence electrons. The highest BCUT2D eigenvalue weighted by atomic mass is 15.1. The van der Waals surface area contributed by atoms with Crippen LogP contribution in [0.25, 0.3) is 44.5 Å². The predicted octanol–water partition coefficient (Wildman–Crippen LogP) is 18.4. The third-order valence-corrected chi connectivity index (χ3v) is 16.6. The van der Waals surface area contributed by atoms with Gasteiger partial charge in [0.25, 0.3) is 0 Å². The minimum absolute atomic E-state index is 0.107. The normalized spacial score (nSPS) is 20.3. The van der Waals surface area contributed by atoms with Gasteiger partial charge in [0.05, 0.1) is 0 Å². The Labute approximate surface area is 408 Å². The van der Waals surface area contributed by atoms with Crippen LogP contribution >= 0.6 is 0 Å². The Balaban J connectivity index is 0.811. The number of para-hydroxylation sites is 2. The van der Waals surface area contributed by atoms with Crippen molar-refractivity contribution >= 4 is 34.1 Å². The van der Waals surface area contributed by atoms with Gasteiger partial charge in [-0.25, -0.2) is 0 Å². The summed E-state index contributed by atoms with van der Waals surface area (Å²) in [6, 6.07) is 83.3. The lowest BCUT2D eigenvalue weighted by atomic mass is 9.48. The van der Waals surface area contributed by atoms with E-state index in [1.807, 2.05) is 0 Å². The van der Waals surface area contributed by atoms with Gasteiger partial charge in [0.15, 0.2) is 0 Å². The van der Waals surface area contributed by atoms with E-state index in [2.05, 4.69) is 248 Å². The van der Waals surface area contributed by atoms with Crippen molar-refractivity contribution < 1.29 is 0 Å². The minimum Gasteiger partial charge on any atom is -0.311 e. The van der Waals surface area contributed by atoms with Crippen molar-refractivity contribution in [2.75, 3.05) is 9.80 Å². The molecule has 0 saturated heterocycles. The molecule has 0 heterocycles. The van der Waals surface area contributed by atoms with Crippen LogP contribution in [0.3, 0.4) is 0 Å². The van der Waals surface area contributed by atoms with Gasteiger partial charge >= 0.3 is 0 Å². The molecule has 9 aromatic rings. The maximum Gasteiger partial charge on any atom is 0.0465 e. The molecule has 0 amide bonds. The highest BCUT2D eigenvalue weighted by Crippen LogP contribution is 2.61. The van der Waals surface area contributed by atoms with Gasteiger partial charge in [0, 0.05) is 39.5 Å². The van der Waals surface area contributed by atoms with Crippen molar-refractivity contribution in [3.8, 4) is 44.5 Å². The van der Waals surface area contributed by atoms with E-state index in [9.17, 15) is 0 Å². The van der Waals surface area contributed by atoms with Crippen LogP contribution in [0.2, 0.25) is 0 Å². The first-order valence-electron chi connectivity index (χ1n) is 25.3. The Morgan fingerprint density at radius 2 is 0.710 bits per heavy atom. The summed E-state index contributed by atoms with van der Waals surface area (Å²) in [6.45, 7) is 4.73. The van der Waals surface area contributed by atoms with Gasteiger partial charge in [-0.1, -0.05) is 159 Å².